The van der Waals surface area contributed by atoms with E-state index in [-0.39, 0.29) is 6.61 Å². The van der Waals surface area contributed by atoms with Crippen molar-refractivity contribution in [2.75, 3.05) is 19.8 Å². The number of unbranched alkanes of at least 4 members (excludes halogenated alkanes) is 14. The minimum Gasteiger partial charge on any atom is -0.394 e. The third kappa shape index (κ3) is 13.1. The van der Waals surface area contributed by atoms with Crippen LogP contribution in [-0.2, 0) is 9.47 Å². The number of aliphatic hydroxyl groups is 3. The molecule has 0 radical (unpaired) electrons. The Balaban J connectivity index is 1.86. The highest BCUT2D eigenvalue weighted by Crippen LogP contribution is 2.21. The molecule has 5 nitrogen and oxygen atoms in total. The second kappa shape index (κ2) is 19.2. The van der Waals surface area contributed by atoms with E-state index < -0.39 is 31.0 Å². The van der Waals surface area contributed by atoms with Crippen LogP contribution in [0.25, 0.3) is 0 Å². The summed E-state index contributed by atoms with van der Waals surface area (Å²) >= 11 is 0. The zero-order valence-corrected chi connectivity index (χ0v) is 19.4. The van der Waals surface area contributed by atoms with Gasteiger partial charge in [-0.25, -0.2) is 0 Å². The molecule has 0 aromatic heterocycles. The van der Waals surface area contributed by atoms with Crippen LogP contribution in [0.4, 0.5) is 0 Å². The van der Waals surface area contributed by atoms with Gasteiger partial charge in [-0.1, -0.05) is 103 Å². The fourth-order valence-electron chi connectivity index (χ4n) is 4.07. The lowest BCUT2D eigenvalue weighted by Crippen LogP contribution is -2.42. The molecule has 1 rings (SSSR count). The van der Waals surface area contributed by atoms with Crippen molar-refractivity contribution in [2.45, 2.75) is 128 Å². The molecule has 178 valence electrons. The largest absolute Gasteiger partial charge is 0.394 e. The quantitative estimate of drug-likeness (QED) is 0.190. The smallest absolute Gasteiger partial charge is 0.115 e. The Kier molecular flexibility index (Phi) is 17.7. The molecule has 0 bridgehead atoms. The SMILES string of the molecule is CCCCCCCCCCCCCCCC/C=C/CO[C@H]1[C@@H]([C@@H](O)CO)OC[C@H]1O. The van der Waals surface area contributed by atoms with Gasteiger partial charge in [-0.2, -0.15) is 0 Å². The number of ether oxygens (including phenoxy) is 2. The minimum absolute atomic E-state index is 0.134. The molecule has 0 unspecified atom stereocenters. The monoisotopic (exact) mass is 428 g/mol. The Morgan fingerprint density at radius 3 is 1.93 bits per heavy atom. The van der Waals surface area contributed by atoms with Gasteiger partial charge in [0.05, 0.1) is 19.8 Å². The first kappa shape index (κ1) is 27.6. The minimum atomic E-state index is -1.02. The van der Waals surface area contributed by atoms with Gasteiger partial charge >= 0.3 is 0 Å². The van der Waals surface area contributed by atoms with Crippen molar-refractivity contribution in [2.24, 2.45) is 0 Å². The second-order valence-electron chi connectivity index (χ2n) is 8.77. The van der Waals surface area contributed by atoms with E-state index in [1.807, 2.05) is 6.08 Å². The van der Waals surface area contributed by atoms with E-state index in [4.69, 9.17) is 14.6 Å². The van der Waals surface area contributed by atoms with Crippen LogP contribution >= 0.6 is 0 Å². The number of rotatable bonds is 20. The highest BCUT2D eigenvalue weighted by Gasteiger charge is 2.40. The third-order valence-corrected chi connectivity index (χ3v) is 6.00. The van der Waals surface area contributed by atoms with E-state index in [9.17, 15) is 10.2 Å². The van der Waals surface area contributed by atoms with Crippen LogP contribution in [0, 0.1) is 0 Å². The highest BCUT2D eigenvalue weighted by molar-refractivity contribution is 4.91. The second-order valence-corrected chi connectivity index (χ2v) is 8.77. The lowest BCUT2D eigenvalue weighted by atomic mass is 10.0. The molecule has 0 aliphatic carbocycles. The van der Waals surface area contributed by atoms with Crippen molar-refractivity contribution in [3.8, 4) is 0 Å². The molecule has 1 fully saturated rings. The third-order valence-electron chi connectivity index (χ3n) is 6.00. The summed E-state index contributed by atoms with van der Waals surface area (Å²) in [5.41, 5.74) is 0. The highest BCUT2D eigenvalue weighted by atomic mass is 16.6. The Morgan fingerprint density at radius 1 is 0.867 bits per heavy atom. The van der Waals surface area contributed by atoms with E-state index in [0.29, 0.717) is 6.61 Å². The Hall–Kier alpha value is -0.460. The van der Waals surface area contributed by atoms with Crippen LogP contribution < -0.4 is 0 Å². The molecule has 30 heavy (non-hydrogen) atoms. The average Bonchev–Trinajstić information content (AvgIpc) is 3.12. The van der Waals surface area contributed by atoms with Crippen molar-refractivity contribution < 1.29 is 24.8 Å². The zero-order chi connectivity index (χ0) is 21.9. The van der Waals surface area contributed by atoms with E-state index >= 15 is 0 Å². The lowest BCUT2D eigenvalue weighted by molar-refractivity contribution is -0.0879. The summed E-state index contributed by atoms with van der Waals surface area (Å²) in [4.78, 5) is 0. The summed E-state index contributed by atoms with van der Waals surface area (Å²) in [7, 11) is 0. The molecule has 0 saturated carbocycles. The molecule has 1 saturated heterocycles. The van der Waals surface area contributed by atoms with Gasteiger partial charge in [-0.05, 0) is 12.8 Å². The molecule has 0 spiro atoms. The molecular formula is C25H48O5. The van der Waals surface area contributed by atoms with E-state index in [1.54, 1.807) is 0 Å². The summed E-state index contributed by atoms with van der Waals surface area (Å²) in [6, 6.07) is 0. The standard InChI is InChI=1S/C25H48O5/c1-2-3-4-5-6-7-8-9-10-11-12-13-14-15-16-17-18-19-29-25-23(28)21-30-24(25)22(27)20-26/h17-18,22-28H,2-16,19-21H2,1H3/b18-17+/t22-,23+,24+,25+/m0/s1. The van der Waals surface area contributed by atoms with Crippen LogP contribution in [-0.4, -0.2) is 59.6 Å². The fraction of sp³-hybridized carbons (Fsp3) is 0.920. The predicted octanol–water partition coefficient (Wildman–Crippen LogP) is 4.91. The van der Waals surface area contributed by atoms with Gasteiger partial charge in [0.2, 0.25) is 0 Å². The summed E-state index contributed by atoms with van der Waals surface area (Å²) in [5, 5.41) is 28.6. The molecule has 1 aliphatic rings. The van der Waals surface area contributed by atoms with Gasteiger partial charge in [0, 0.05) is 0 Å². The number of hydrogen-bond acceptors (Lipinski definition) is 5. The summed E-state index contributed by atoms with van der Waals surface area (Å²) in [6.45, 7) is 2.40. The van der Waals surface area contributed by atoms with Crippen LogP contribution in [0.3, 0.4) is 0 Å². The van der Waals surface area contributed by atoms with Gasteiger partial charge in [0.15, 0.2) is 0 Å². The van der Waals surface area contributed by atoms with Crippen molar-refractivity contribution in [1.29, 1.82) is 0 Å². The first-order valence-corrected chi connectivity index (χ1v) is 12.6. The molecule has 3 N–H and O–H groups in total. The topological polar surface area (TPSA) is 79.2 Å². The first-order valence-electron chi connectivity index (χ1n) is 12.6. The molecule has 1 heterocycles. The molecule has 4 atom stereocenters. The molecule has 1 aliphatic heterocycles. The van der Waals surface area contributed by atoms with Crippen LogP contribution in [0.1, 0.15) is 103 Å². The predicted molar refractivity (Wildman–Crippen MR) is 123 cm³/mol. The van der Waals surface area contributed by atoms with E-state index in [1.165, 1.54) is 89.9 Å². The number of aliphatic hydroxyl groups excluding tert-OH is 3. The van der Waals surface area contributed by atoms with Crippen LogP contribution in [0.5, 0.6) is 0 Å². The Bertz CT molecular complexity index is 401. The maximum absolute atomic E-state index is 9.88. The van der Waals surface area contributed by atoms with Gasteiger partial charge in [-0.3, -0.25) is 0 Å². The lowest BCUT2D eigenvalue weighted by Gasteiger charge is -2.23. The van der Waals surface area contributed by atoms with Gasteiger partial charge < -0.3 is 24.8 Å². The fourth-order valence-corrected chi connectivity index (χ4v) is 4.07. The summed E-state index contributed by atoms with van der Waals surface area (Å²) < 4.78 is 11.0. The van der Waals surface area contributed by atoms with E-state index in [2.05, 4.69) is 13.0 Å². The van der Waals surface area contributed by atoms with Crippen LogP contribution in [0.2, 0.25) is 0 Å². The Morgan fingerprint density at radius 2 is 1.40 bits per heavy atom. The van der Waals surface area contributed by atoms with Gasteiger partial charge in [-0.15, -0.1) is 0 Å². The van der Waals surface area contributed by atoms with E-state index in [0.717, 1.165) is 6.42 Å². The number of hydrogen-bond donors (Lipinski definition) is 3. The average molecular weight is 429 g/mol. The molecular weight excluding hydrogens is 380 g/mol. The zero-order valence-electron chi connectivity index (χ0n) is 19.4. The molecule has 5 heteroatoms. The number of allylic oxidation sites excluding steroid dienone is 1. The first-order chi connectivity index (χ1) is 14.7. The van der Waals surface area contributed by atoms with Crippen molar-refractivity contribution in [1.82, 2.24) is 0 Å². The van der Waals surface area contributed by atoms with Crippen molar-refractivity contribution in [3.05, 3.63) is 12.2 Å². The summed E-state index contributed by atoms with van der Waals surface area (Å²) in [5.74, 6) is 0. The maximum atomic E-state index is 9.88. The molecule has 0 aromatic rings. The maximum Gasteiger partial charge on any atom is 0.115 e. The molecule has 0 amide bonds. The Labute approximate surface area is 184 Å². The summed E-state index contributed by atoms with van der Waals surface area (Å²) in [6.07, 6.45) is 21.3. The van der Waals surface area contributed by atoms with Crippen molar-refractivity contribution in [3.63, 3.8) is 0 Å². The normalized spacial score (nSPS) is 22.9. The molecule has 0 aromatic carbocycles. The van der Waals surface area contributed by atoms with Crippen LogP contribution in [0.15, 0.2) is 12.2 Å². The van der Waals surface area contributed by atoms with Crippen molar-refractivity contribution >= 4 is 0 Å². The van der Waals surface area contributed by atoms with Gasteiger partial charge in [0.25, 0.3) is 0 Å². The van der Waals surface area contributed by atoms with Gasteiger partial charge in [0.1, 0.15) is 24.4 Å².